The maximum Gasteiger partial charge on any atom is 0.253 e. The molecule has 6 nitrogen and oxygen atoms in total. The summed E-state index contributed by atoms with van der Waals surface area (Å²) in [6, 6.07) is 9.41. The first kappa shape index (κ1) is 17.7. The first-order valence-electron chi connectivity index (χ1n) is 7.85. The number of para-hydroxylation sites is 2. The fourth-order valence-corrected chi connectivity index (χ4v) is 2.08. The predicted octanol–water partition coefficient (Wildman–Crippen LogP) is 2.99. The van der Waals surface area contributed by atoms with Gasteiger partial charge in [0.25, 0.3) is 5.91 Å². The number of hydrogen-bond acceptors (Lipinski definition) is 5. The first-order valence-corrected chi connectivity index (χ1v) is 7.85. The number of anilines is 2. The summed E-state index contributed by atoms with van der Waals surface area (Å²) in [5, 5.41) is 6.02. The molecule has 0 radical (unpaired) electrons. The van der Waals surface area contributed by atoms with Crippen molar-refractivity contribution in [2.24, 2.45) is 0 Å². The van der Waals surface area contributed by atoms with Gasteiger partial charge in [-0.15, -0.1) is 0 Å². The Morgan fingerprint density at radius 3 is 2.79 bits per heavy atom. The fraction of sp³-hybridized carbons (Fsp3) is 0.333. The maximum absolute atomic E-state index is 12.1. The number of carbonyl (C=O) groups excluding carboxylic acids is 1. The van der Waals surface area contributed by atoms with Crippen molar-refractivity contribution in [1.29, 1.82) is 0 Å². The molecule has 1 amide bonds. The van der Waals surface area contributed by atoms with Crippen LogP contribution < -0.4 is 15.4 Å². The Kier molecular flexibility index (Phi) is 6.57. The molecule has 0 saturated heterocycles. The van der Waals surface area contributed by atoms with Gasteiger partial charge >= 0.3 is 0 Å². The Hall–Kier alpha value is -2.60. The van der Waals surface area contributed by atoms with E-state index < -0.39 is 0 Å². The minimum absolute atomic E-state index is 0.0731. The Bertz CT molecular complexity index is 674. The normalized spacial score (nSPS) is 10.5. The highest BCUT2D eigenvalue weighted by molar-refractivity contribution is 5.94. The Balaban J connectivity index is 2.11. The highest BCUT2D eigenvalue weighted by atomic mass is 16.5. The van der Waals surface area contributed by atoms with Crippen LogP contribution in [-0.2, 0) is 4.74 Å². The van der Waals surface area contributed by atoms with E-state index in [0.717, 1.165) is 11.4 Å². The summed E-state index contributed by atoms with van der Waals surface area (Å²) in [5.74, 6) is 0.567. The number of carbonyl (C=O) groups is 1. The summed E-state index contributed by atoms with van der Waals surface area (Å²) in [6.07, 6.45) is 3.27. The van der Waals surface area contributed by atoms with E-state index in [4.69, 9.17) is 9.47 Å². The number of hydrogen-bond donors (Lipinski definition) is 2. The molecule has 0 saturated carbocycles. The molecule has 24 heavy (non-hydrogen) atoms. The minimum atomic E-state index is -0.185. The van der Waals surface area contributed by atoms with Gasteiger partial charge in [-0.05, 0) is 32.0 Å². The van der Waals surface area contributed by atoms with Crippen molar-refractivity contribution < 1.29 is 14.3 Å². The van der Waals surface area contributed by atoms with E-state index in [1.807, 2.05) is 38.1 Å². The zero-order chi connectivity index (χ0) is 17.4. The molecule has 2 aromatic rings. The van der Waals surface area contributed by atoms with Crippen LogP contribution in [0, 0.1) is 0 Å². The van der Waals surface area contributed by atoms with Crippen LogP contribution in [0.15, 0.2) is 42.7 Å². The Morgan fingerprint density at radius 2 is 2.04 bits per heavy atom. The second-order valence-corrected chi connectivity index (χ2v) is 5.50. The van der Waals surface area contributed by atoms with E-state index in [0.29, 0.717) is 24.4 Å². The zero-order valence-electron chi connectivity index (χ0n) is 14.2. The number of aromatic nitrogens is 1. The molecule has 0 atom stereocenters. The standard InChI is InChI=1S/C18H23N3O3/c1-13(2)24-17-7-5-4-6-16(17)21-15-10-14(11-19-12-15)18(22)20-8-9-23-3/h4-7,10-13,21H,8-9H2,1-3H3,(H,20,22). The molecule has 0 spiro atoms. The van der Waals surface area contributed by atoms with Gasteiger partial charge in [-0.3, -0.25) is 9.78 Å². The molecule has 2 N–H and O–H groups in total. The van der Waals surface area contributed by atoms with Gasteiger partial charge in [0.15, 0.2) is 0 Å². The largest absolute Gasteiger partial charge is 0.489 e. The van der Waals surface area contributed by atoms with Crippen LogP contribution in [0.5, 0.6) is 5.75 Å². The Labute approximate surface area is 142 Å². The fourth-order valence-electron chi connectivity index (χ4n) is 2.08. The van der Waals surface area contributed by atoms with E-state index in [1.54, 1.807) is 19.4 Å². The SMILES string of the molecule is COCCNC(=O)c1cncc(Nc2ccccc2OC(C)C)c1. The van der Waals surface area contributed by atoms with Crippen molar-refractivity contribution in [3.63, 3.8) is 0 Å². The molecule has 6 heteroatoms. The average molecular weight is 329 g/mol. The summed E-state index contributed by atoms with van der Waals surface area (Å²) in [5.41, 5.74) is 2.03. The van der Waals surface area contributed by atoms with Gasteiger partial charge in [-0.2, -0.15) is 0 Å². The topological polar surface area (TPSA) is 72.5 Å². The van der Waals surface area contributed by atoms with Gasteiger partial charge in [-0.25, -0.2) is 0 Å². The molecule has 0 unspecified atom stereocenters. The molecule has 0 fully saturated rings. The first-order chi connectivity index (χ1) is 11.6. The zero-order valence-corrected chi connectivity index (χ0v) is 14.2. The molecular formula is C18H23N3O3. The maximum atomic E-state index is 12.1. The van der Waals surface area contributed by atoms with Crippen LogP contribution in [0.1, 0.15) is 24.2 Å². The molecule has 0 aliphatic rings. The third kappa shape index (κ3) is 5.24. The van der Waals surface area contributed by atoms with Crippen molar-refractivity contribution in [2.75, 3.05) is 25.6 Å². The van der Waals surface area contributed by atoms with Gasteiger partial charge in [0.1, 0.15) is 5.75 Å². The average Bonchev–Trinajstić information content (AvgIpc) is 2.56. The van der Waals surface area contributed by atoms with Crippen molar-refractivity contribution in [3.05, 3.63) is 48.3 Å². The third-order valence-electron chi connectivity index (χ3n) is 3.12. The van der Waals surface area contributed by atoms with Crippen molar-refractivity contribution in [1.82, 2.24) is 10.3 Å². The van der Waals surface area contributed by atoms with Crippen LogP contribution in [0.3, 0.4) is 0 Å². The molecule has 0 aliphatic heterocycles. The van der Waals surface area contributed by atoms with Crippen LogP contribution in [0.25, 0.3) is 0 Å². The number of rotatable bonds is 8. The predicted molar refractivity (Wildman–Crippen MR) is 93.9 cm³/mol. The number of amides is 1. The smallest absolute Gasteiger partial charge is 0.253 e. The van der Waals surface area contributed by atoms with Crippen molar-refractivity contribution in [2.45, 2.75) is 20.0 Å². The van der Waals surface area contributed by atoms with Crippen molar-refractivity contribution in [3.8, 4) is 5.75 Å². The molecule has 1 heterocycles. The summed E-state index contributed by atoms with van der Waals surface area (Å²) in [7, 11) is 1.59. The lowest BCUT2D eigenvalue weighted by Gasteiger charge is -2.15. The van der Waals surface area contributed by atoms with Gasteiger partial charge < -0.3 is 20.1 Å². The number of ether oxygens (including phenoxy) is 2. The number of benzene rings is 1. The van der Waals surface area contributed by atoms with Gasteiger partial charge in [-0.1, -0.05) is 12.1 Å². The van der Waals surface area contributed by atoms with E-state index in [1.165, 1.54) is 6.20 Å². The lowest BCUT2D eigenvalue weighted by Crippen LogP contribution is -2.27. The molecular weight excluding hydrogens is 306 g/mol. The number of nitrogens with one attached hydrogen (secondary N) is 2. The lowest BCUT2D eigenvalue weighted by atomic mass is 10.2. The molecule has 1 aromatic heterocycles. The quantitative estimate of drug-likeness (QED) is 0.729. The van der Waals surface area contributed by atoms with Crippen molar-refractivity contribution >= 4 is 17.3 Å². The van der Waals surface area contributed by atoms with Crippen LogP contribution in [-0.4, -0.2) is 37.3 Å². The highest BCUT2D eigenvalue weighted by Gasteiger charge is 2.09. The summed E-state index contributed by atoms with van der Waals surface area (Å²) >= 11 is 0. The minimum Gasteiger partial charge on any atom is -0.489 e. The number of pyridine rings is 1. The van der Waals surface area contributed by atoms with Gasteiger partial charge in [0, 0.05) is 19.9 Å². The van der Waals surface area contributed by atoms with E-state index in [2.05, 4.69) is 15.6 Å². The molecule has 0 bridgehead atoms. The highest BCUT2D eigenvalue weighted by Crippen LogP contribution is 2.28. The summed E-state index contributed by atoms with van der Waals surface area (Å²) in [6.45, 7) is 4.88. The molecule has 1 aromatic carbocycles. The van der Waals surface area contributed by atoms with Gasteiger partial charge in [0.2, 0.25) is 0 Å². The van der Waals surface area contributed by atoms with Crippen LogP contribution in [0.2, 0.25) is 0 Å². The monoisotopic (exact) mass is 329 g/mol. The molecule has 128 valence electrons. The number of methoxy groups -OCH3 is 1. The lowest BCUT2D eigenvalue weighted by molar-refractivity contribution is 0.0937. The number of nitrogens with zero attached hydrogens (tertiary/aromatic N) is 1. The van der Waals surface area contributed by atoms with Crippen LogP contribution >= 0.6 is 0 Å². The Morgan fingerprint density at radius 1 is 1.25 bits per heavy atom. The van der Waals surface area contributed by atoms with Crippen LogP contribution in [0.4, 0.5) is 11.4 Å². The summed E-state index contributed by atoms with van der Waals surface area (Å²) < 4.78 is 10.7. The molecule has 2 rings (SSSR count). The second-order valence-electron chi connectivity index (χ2n) is 5.50. The molecule has 0 aliphatic carbocycles. The summed E-state index contributed by atoms with van der Waals surface area (Å²) in [4.78, 5) is 16.2. The van der Waals surface area contributed by atoms with Gasteiger partial charge in [0.05, 0.1) is 35.8 Å². The van der Waals surface area contributed by atoms with E-state index in [-0.39, 0.29) is 12.0 Å². The van der Waals surface area contributed by atoms with E-state index in [9.17, 15) is 4.79 Å². The third-order valence-corrected chi connectivity index (χ3v) is 3.12. The van der Waals surface area contributed by atoms with E-state index >= 15 is 0 Å². The second kappa shape index (κ2) is 8.88.